The van der Waals surface area contributed by atoms with Crippen LogP contribution in [0.4, 0.5) is 0 Å². The molecular weight excluding hydrogens is 286 g/mol. The minimum absolute atomic E-state index is 0.0871. The van der Waals surface area contributed by atoms with Gasteiger partial charge in [-0.05, 0) is 18.1 Å². The van der Waals surface area contributed by atoms with Gasteiger partial charge in [0.25, 0.3) is 5.91 Å². The van der Waals surface area contributed by atoms with E-state index < -0.39 is 5.91 Å². The molecule has 0 fully saturated rings. The van der Waals surface area contributed by atoms with E-state index in [1.807, 2.05) is 13.8 Å². The predicted octanol–water partition coefficient (Wildman–Crippen LogP) is 2.25. The molecule has 1 atom stereocenters. The normalized spacial score (nSPS) is 12.5. The van der Waals surface area contributed by atoms with Crippen molar-refractivity contribution in [3.05, 3.63) is 23.8 Å². The summed E-state index contributed by atoms with van der Waals surface area (Å²) in [5, 5.41) is 21.7. The number of aromatic hydroxyl groups is 2. The van der Waals surface area contributed by atoms with Crippen LogP contribution in [0.1, 0.15) is 24.2 Å². The van der Waals surface area contributed by atoms with Crippen LogP contribution in [-0.4, -0.2) is 27.5 Å². The van der Waals surface area contributed by atoms with E-state index in [2.05, 4.69) is 21.2 Å². The Kier molecular flexibility index (Phi) is 4.81. The van der Waals surface area contributed by atoms with Crippen molar-refractivity contribution in [2.75, 3.05) is 6.54 Å². The van der Waals surface area contributed by atoms with Crippen molar-refractivity contribution in [2.45, 2.75) is 18.7 Å². The zero-order chi connectivity index (χ0) is 13.0. The molecule has 0 aliphatic rings. The van der Waals surface area contributed by atoms with E-state index in [9.17, 15) is 15.0 Å². The second-order valence-corrected chi connectivity index (χ2v) is 5.32. The van der Waals surface area contributed by atoms with E-state index in [0.29, 0.717) is 12.5 Å². The number of alkyl halides is 1. The van der Waals surface area contributed by atoms with Crippen LogP contribution in [0.2, 0.25) is 0 Å². The van der Waals surface area contributed by atoms with Crippen molar-refractivity contribution in [1.29, 1.82) is 0 Å². The molecule has 0 aliphatic carbocycles. The number of amides is 1. The van der Waals surface area contributed by atoms with Crippen molar-refractivity contribution in [3.63, 3.8) is 0 Å². The van der Waals surface area contributed by atoms with Gasteiger partial charge in [0.1, 0.15) is 17.1 Å². The molecule has 1 amide bonds. The van der Waals surface area contributed by atoms with Crippen LogP contribution in [0.15, 0.2) is 18.2 Å². The van der Waals surface area contributed by atoms with Gasteiger partial charge in [0.05, 0.1) is 0 Å². The highest BCUT2D eigenvalue weighted by Crippen LogP contribution is 2.25. The number of halogens is 1. The quantitative estimate of drug-likeness (QED) is 0.747. The molecule has 1 rings (SSSR count). The Balaban J connectivity index is 2.71. The molecule has 3 N–H and O–H groups in total. The van der Waals surface area contributed by atoms with Crippen molar-refractivity contribution in [3.8, 4) is 11.5 Å². The van der Waals surface area contributed by atoms with E-state index in [4.69, 9.17) is 0 Å². The lowest BCUT2D eigenvalue weighted by atomic mass is 10.1. The summed E-state index contributed by atoms with van der Waals surface area (Å²) in [5.74, 6) is -0.546. The van der Waals surface area contributed by atoms with Crippen LogP contribution in [0.3, 0.4) is 0 Å². The number of carbonyl (C=O) groups excluding carboxylic acids is 1. The molecule has 0 aromatic heterocycles. The average molecular weight is 302 g/mol. The lowest BCUT2D eigenvalue weighted by Crippen LogP contribution is -2.31. The van der Waals surface area contributed by atoms with Crippen LogP contribution < -0.4 is 5.32 Å². The number of phenols is 2. The topological polar surface area (TPSA) is 69.6 Å². The van der Waals surface area contributed by atoms with Crippen molar-refractivity contribution in [2.24, 2.45) is 5.92 Å². The first-order valence-corrected chi connectivity index (χ1v) is 6.28. The van der Waals surface area contributed by atoms with Crippen molar-refractivity contribution >= 4 is 21.8 Å². The summed E-state index contributed by atoms with van der Waals surface area (Å²) in [4.78, 5) is 11.9. The highest BCUT2D eigenvalue weighted by molar-refractivity contribution is 9.09. The average Bonchev–Trinajstić information content (AvgIpc) is 2.25. The second kappa shape index (κ2) is 5.91. The van der Waals surface area contributed by atoms with E-state index >= 15 is 0 Å². The number of nitrogens with one attached hydrogen (secondary N) is 1. The van der Waals surface area contributed by atoms with Crippen LogP contribution >= 0.6 is 15.9 Å². The summed E-state index contributed by atoms with van der Waals surface area (Å²) in [7, 11) is 0. The number of carbonyl (C=O) groups is 1. The summed E-state index contributed by atoms with van der Waals surface area (Å²) >= 11 is 3.44. The Labute approximate surface area is 109 Å². The van der Waals surface area contributed by atoms with Crippen LogP contribution in [0, 0.1) is 5.92 Å². The highest BCUT2D eigenvalue weighted by Gasteiger charge is 2.17. The van der Waals surface area contributed by atoms with Gasteiger partial charge in [0.2, 0.25) is 0 Å². The van der Waals surface area contributed by atoms with Gasteiger partial charge in [0.15, 0.2) is 0 Å². The minimum Gasteiger partial charge on any atom is -0.507 e. The maximum absolute atomic E-state index is 11.8. The molecular formula is C12H16BrNO3. The Bertz CT molecular complexity index is 386. The molecule has 1 unspecified atom stereocenters. The van der Waals surface area contributed by atoms with Crippen LogP contribution in [-0.2, 0) is 0 Å². The summed E-state index contributed by atoms with van der Waals surface area (Å²) in [5.41, 5.74) is -0.0871. The third-order valence-electron chi connectivity index (χ3n) is 2.43. The summed E-state index contributed by atoms with van der Waals surface area (Å²) in [6.07, 6.45) is 0. The van der Waals surface area contributed by atoms with Crippen LogP contribution in [0.5, 0.6) is 11.5 Å². The first kappa shape index (κ1) is 13.8. The van der Waals surface area contributed by atoms with Gasteiger partial charge in [0, 0.05) is 11.4 Å². The van der Waals surface area contributed by atoms with Gasteiger partial charge < -0.3 is 15.5 Å². The third-order valence-corrected chi connectivity index (χ3v) is 3.81. The molecule has 0 bridgehead atoms. The van der Waals surface area contributed by atoms with Gasteiger partial charge in [-0.3, -0.25) is 4.79 Å². The second-order valence-electron chi connectivity index (χ2n) is 4.14. The van der Waals surface area contributed by atoms with Gasteiger partial charge in [-0.25, -0.2) is 0 Å². The zero-order valence-corrected chi connectivity index (χ0v) is 11.4. The molecule has 4 nitrogen and oxygen atoms in total. The van der Waals surface area contributed by atoms with Gasteiger partial charge in [-0.1, -0.05) is 35.8 Å². The summed E-state index contributed by atoms with van der Waals surface area (Å²) in [6, 6.07) is 4.20. The fourth-order valence-corrected chi connectivity index (χ4v) is 1.44. The largest absolute Gasteiger partial charge is 0.507 e. The number of benzene rings is 1. The summed E-state index contributed by atoms with van der Waals surface area (Å²) < 4.78 is 0. The maximum Gasteiger partial charge on any atom is 0.258 e. The van der Waals surface area contributed by atoms with Crippen LogP contribution in [0.25, 0.3) is 0 Å². The predicted molar refractivity (Wildman–Crippen MR) is 69.7 cm³/mol. The first-order valence-electron chi connectivity index (χ1n) is 5.36. The lowest BCUT2D eigenvalue weighted by Gasteiger charge is -2.15. The molecule has 94 valence electrons. The number of hydrogen-bond acceptors (Lipinski definition) is 3. The molecule has 17 heavy (non-hydrogen) atoms. The monoisotopic (exact) mass is 301 g/mol. The maximum atomic E-state index is 11.8. The molecule has 0 saturated carbocycles. The molecule has 0 heterocycles. The van der Waals surface area contributed by atoms with E-state index in [1.165, 1.54) is 18.2 Å². The number of phenolic OH excluding ortho intramolecular Hbond substituents is 2. The van der Waals surface area contributed by atoms with E-state index in [0.717, 1.165) is 0 Å². The summed E-state index contributed by atoms with van der Waals surface area (Å²) in [6.45, 7) is 4.50. The van der Waals surface area contributed by atoms with Gasteiger partial charge in [-0.15, -0.1) is 0 Å². The Morgan fingerprint density at radius 2 is 1.88 bits per heavy atom. The molecule has 0 spiro atoms. The van der Waals surface area contributed by atoms with Crippen molar-refractivity contribution < 1.29 is 15.0 Å². The van der Waals surface area contributed by atoms with Gasteiger partial charge >= 0.3 is 0 Å². The smallest absolute Gasteiger partial charge is 0.258 e. The standard InChI is InChI=1S/C12H16BrNO3/c1-7(2)8(13)6-14-12(17)11-9(15)4-3-5-10(11)16/h3-5,7-8,15-16H,6H2,1-2H3,(H,14,17). The fraction of sp³-hybridized carbons (Fsp3) is 0.417. The first-order chi connectivity index (χ1) is 7.93. The van der Waals surface area contributed by atoms with Crippen molar-refractivity contribution in [1.82, 2.24) is 5.32 Å². The number of hydrogen-bond donors (Lipinski definition) is 3. The molecule has 5 heteroatoms. The van der Waals surface area contributed by atoms with E-state index in [1.54, 1.807) is 0 Å². The Morgan fingerprint density at radius 1 is 1.35 bits per heavy atom. The highest BCUT2D eigenvalue weighted by atomic mass is 79.9. The van der Waals surface area contributed by atoms with E-state index in [-0.39, 0.29) is 21.9 Å². The zero-order valence-electron chi connectivity index (χ0n) is 9.77. The molecule has 1 aromatic rings. The van der Waals surface area contributed by atoms with Gasteiger partial charge in [-0.2, -0.15) is 0 Å². The fourth-order valence-electron chi connectivity index (χ4n) is 1.28. The third kappa shape index (κ3) is 3.63. The Morgan fingerprint density at radius 3 is 2.35 bits per heavy atom. The lowest BCUT2D eigenvalue weighted by molar-refractivity contribution is 0.0947. The number of rotatable bonds is 4. The molecule has 1 aromatic carbocycles. The minimum atomic E-state index is -0.481. The molecule has 0 saturated heterocycles. The SMILES string of the molecule is CC(C)C(Br)CNC(=O)c1c(O)cccc1O. The Hall–Kier alpha value is -1.23. The molecule has 0 aliphatic heterocycles. The molecule has 0 radical (unpaired) electrons.